The molecule has 0 unspecified atom stereocenters. The fraction of sp³-hybridized carbons (Fsp3) is 0.733. The third-order valence-electron chi connectivity index (χ3n) is 4.83. The molecular formula is C15H21F3N4O. The largest absolute Gasteiger partial charge is 0.411 e. The van der Waals surface area contributed by atoms with Crippen LogP contribution in [0.3, 0.4) is 0 Å². The maximum Gasteiger partial charge on any atom is 0.411 e. The number of nitrogens with zero attached hydrogens (tertiary/aromatic N) is 2. The first-order chi connectivity index (χ1) is 10.9. The van der Waals surface area contributed by atoms with E-state index < -0.39 is 17.7 Å². The van der Waals surface area contributed by atoms with Crippen LogP contribution >= 0.6 is 0 Å². The number of halogens is 3. The van der Waals surface area contributed by atoms with Crippen LogP contribution in [0.25, 0.3) is 0 Å². The minimum Gasteiger partial charge on any atom is -0.323 e. The summed E-state index contributed by atoms with van der Waals surface area (Å²) in [5, 5.41) is 8.94. The summed E-state index contributed by atoms with van der Waals surface area (Å²) in [4.78, 5) is 12.2. The summed E-state index contributed by atoms with van der Waals surface area (Å²) in [6.07, 6.45) is 1.48. The Balaban J connectivity index is 1.71. The summed E-state index contributed by atoms with van der Waals surface area (Å²) in [7, 11) is 0. The van der Waals surface area contributed by atoms with Crippen molar-refractivity contribution in [2.45, 2.75) is 69.6 Å². The SMILES string of the molecule is O=C(Nc1cnn2c1CCCC2)NC1(C(F)(F)F)CCCCC1. The lowest BCUT2D eigenvalue weighted by atomic mass is 9.81. The Kier molecular flexibility index (Phi) is 4.25. The average molecular weight is 330 g/mol. The van der Waals surface area contributed by atoms with Crippen LogP contribution in [0.4, 0.5) is 23.7 Å². The number of amides is 2. The number of hydrogen-bond acceptors (Lipinski definition) is 2. The second kappa shape index (κ2) is 6.05. The van der Waals surface area contributed by atoms with Crippen molar-refractivity contribution >= 4 is 11.7 Å². The molecule has 2 N–H and O–H groups in total. The highest BCUT2D eigenvalue weighted by Gasteiger charge is 2.55. The number of nitrogens with one attached hydrogen (secondary N) is 2. The Morgan fingerprint density at radius 1 is 1.17 bits per heavy atom. The van der Waals surface area contributed by atoms with E-state index in [1.165, 1.54) is 6.20 Å². The molecule has 3 rings (SSSR count). The molecular weight excluding hydrogens is 309 g/mol. The Labute approximate surface area is 132 Å². The summed E-state index contributed by atoms with van der Waals surface area (Å²) in [6.45, 7) is 0.783. The molecule has 1 fully saturated rings. The number of alkyl halides is 3. The quantitative estimate of drug-likeness (QED) is 0.870. The highest BCUT2D eigenvalue weighted by molar-refractivity contribution is 5.90. The minimum atomic E-state index is -4.44. The van der Waals surface area contributed by atoms with Gasteiger partial charge in [-0.25, -0.2) is 4.79 Å². The maximum absolute atomic E-state index is 13.4. The van der Waals surface area contributed by atoms with E-state index in [1.807, 2.05) is 0 Å². The molecule has 1 aliphatic heterocycles. The molecule has 0 atom stereocenters. The van der Waals surface area contributed by atoms with Crippen molar-refractivity contribution in [3.8, 4) is 0 Å². The Morgan fingerprint density at radius 2 is 1.91 bits per heavy atom. The van der Waals surface area contributed by atoms with Crippen molar-refractivity contribution in [2.24, 2.45) is 0 Å². The topological polar surface area (TPSA) is 59.0 Å². The van der Waals surface area contributed by atoms with Gasteiger partial charge in [0.15, 0.2) is 0 Å². The van der Waals surface area contributed by atoms with Gasteiger partial charge in [0.2, 0.25) is 0 Å². The molecule has 2 amide bonds. The van der Waals surface area contributed by atoms with Gasteiger partial charge in [-0.2, -0.15) is 18.3 Å². The van der Waals surface area contributed by atoms with Crippen LogP contribution in [-0.2, 0) is 13.0 Å². The molecule has 0 radical (unpaired) electrons. The molecule has 0 bridgehead atoms. The molecule has 5 nitrogen and oxygen atoms in total. The van der Waals surface area contributed by atoms with Gasteiger partial charge in [0.05, 0.1) is 17.6 Å². The Morgan fingerprint density at radius 3 is 2.61 bits per heavy atom. The number of aromatic nitrogens is 2. The molecule has 128 valence electrons. The van der Waals surface area contributed by atoms with Crippen molar-refractivity contribution in [1.82, 2.24) is 15.1 Å². The predicted octanol–water partition coefficient (Wildman–Crippen LogP) is 3.61. The molecule has 0 saturated heterocycles. The van der Waals surface area contributed by atoms with E-state index in [1.54, 1.807) is 4.68 Å². The minimum absolute atomic E-state index is 0.0595. The summed E-state index contributed by atoms with van der Waals surface area (Å²) in [5.41, 5.74) is -0.714. The average Bonchev–Trinajstić information content (AvgIpc) is 2.90. The number of fused-ring (bicyclic) bond motifs is 1. The number of anilines is 1. The van der Waals surface area contributed by atoms with E-state index in [9.17, 15) is 18.0 Å². The Hall–Kier alpha value is -1.73. The summed E-state index contributed by atoms with van der Waals surface area (Å²) in [6, 6.07) is -0.800. The van der Waals surface area contributed by atoms with Gasteiger partial charge in [-0.05, 0) is 32.1 Å². The van der Waals surface area contributed by atoms with Crippen LogP contribution in [0.1, 0.15) is 50.6 Å². The zero-order valence-corrected chi connectivity index (χ0v) is 12.9. The Bertz CT molecular complexity index is 576. The van der Waals surface area contributed by atoms with Crippen LogP contribution in [-0.4, -0.2) is 27.5 Å². The van der Waals surface area contributed by atoms with Crippen LogP contribution < -0.4 is 10.6 Å². The van der Waals surface area contributed by atoms with Crippen molar-refractivity contribution in [3.63, 3.8) is 0 Å². The van der Waals surface area contributed by atoms with Crippen LogP contribution in [0.5, 0.6) is 0 Å². The lowest BCUT2D eigenvalue weighted by molar-refractivity contribution is -0.201. The number of carbonyl (C=O) groups is 1. The molecule has 1 aliphatic carbocycles. The second-order valence-corrected chi connectivity index (χ2v) is 6.40. The lowest BCUT2D eigenvalue weighted by Gasteiger charge is -2.39. The maximum atomic E-state index is 13.4. The first-order valence-corrected chi connectivity index (χ1v) is 8.12. The third-order valence-corrected chi connectivity index (χ3v) is 4.83. The highest BCUT2D eigenvalue weighted by Crippen LogP contribution is 2.41. The van der Waals surface area contributed by atoms with Crippen molar-refractivity contribution < 1.29 is 18.0 Å². The number of hydrogen-bond donors (Lipinski definition) is 2. The smallest absolute Gasteiger partial charge is 0.323 e. The van der Waals surface area contributed by atoms with Crippen molar-refractivity contribution in [1.29, 1.82) is 0 Å². The molecule has 8 heteroatoms. The lowest BCUT2D eigenvalue weighted by Crippen LogP contribution is -2.60. The van der Waals surface area contributed by atoms with Gasteiger partial charge in [0.1, 0.15) is 5.54 Å². The molecule has 1 saturated carbocycles. The van der Waals surface area contributed by atoms with Crippen molar-refractivity contribution in [3.05, 3.63) is 11.9 Å². The normalized spacial score (nSPS) is 20.7. The molecule has 1 aromatic heterocycles. The summed E-state index contributed by atoms with van der Waals surface area (Å²) >= 11 is 0. The van der Waals surface area contributed by atoms with E-state index in [4.69, 9.17) is 0 Å². The molecule has 2 heterocycles. The zero-order valence-electron chi connectivity index (χ0n) is 12.9. The van der Waals surface area contributed by atoms with Gasteiger partial charge < -0.3 is 10.6 Å². The summed E-state index contributed by atoms with van der Waals surface area (Å²) < 4.78 is 42.2. The molecule has 0 spiro atoms. The molecule has 0 aromatic carbocycles. The molecule has 1 aromatic rings. The van der Waals surface area contributed by atoms with Crippen LogP contribution in [0.2, 0.25) is 0 Å². The summed E-state index contributed by atoms with van der Waals surface area (Å²) in [5.74, 6) is 0. The van der Waals surface area contributed by atoms with E-state index in [0.29, 0.717) is 18.5 Å². The monoisotopic (exact) mass is 330 g/mol. The number of aryl methyl sites for hydroxylation is 1. The second-order valence-electron chi connectivity index (χ2n) is 6.40. The van der Waals surface area contributed by atoms with Crippen LogP contribution in [0, 0.1) is 0 Å². The van der Waals surface area contributed by atoms with Crippen LogP contribution in [0.15, 0.2) is 6.20 Å². The van der Waals surface area contributed by atoms with E-state index >= 15 is 0 Å². The first kappa shape index (κ1) is 16.1. The standard InChI is InChI=1S/C15H21F3N4O/c16-15(17,18)14(7-3-1-4-8-14)21-13(23)20-11-10-19-22-9-5-2-6-12(11)22/h10H,1-9H2,(H2,20,21,23). The van der Waals surface area contributed by atoms with E-state index in [-0.39, 0.29) is 12.8 Å². The highest BCUT2D eigenvalue weighted by atomic mass is 19.4. The van der Waals surface area contributed by atoms with Gasteiger partial charge in [-0.3, -0.25) is 4.68 Å². The first-order valence-electron chi connectivity index (χ1n) is 8.12. The number of urea groups is 1. The number of carbonyl (C=O) groups excluding carboxylic acids is 1. The third kappa shape index (κ3) is 3.16. The van der Waals surface area contributed by atoms with E-state index in [0.717, 1.165) is 37.9 Å². The predicted molar refractivity (Wildman–Crippen MR) is 79.2 cm³/mol. The van der Waals surface area contributed by atoms with E-state index in [2.05, 4.69) is 15.7 Å². The molecule has 23 heavy (non-hydrogen) atoms. The zero-order chi connectivity index (χ0) is 16.5. The fourth-order valence-corrected chi connectivity index (χ4v) is 3.53. The van der Waals surface area contributed by atoms with Gasteiger partial charge >= 0.3 is 12.2 Å². The van der Waals surface area contributed by atoms with Gasteiger partial charge in [0.25, 0.3) is 0 Å². The van der Waals surface area contributed by atoms with Gasteiger partial charge in [0, 0.05) is 6.54 Å². The van der Waals surface area contributed by atoms with Crippen molar-refractivity contribution in [2.75, 3.05) is 5.32 Å². The van der Waals surface area contributed by atoms with Gasteiger partial charge in [-0.15, -0.1) is 0 Å². The van der Waals surface area contributed by atoms with Gasteiger partial charge in [-0.1, -0.05) is 19.3 Å². The molecule has 2 aliphatic rings. The fourth-order valence-electron chi connectivity index (χ4n) is 3.53. The number of rotatable bonds is 2.